The average Bonchev–Trinajstić information content (AvgIpc) is 2.35. The second-order valence-electron chi connectivity index (χ2n) is 5.78. The van der Waals surface area contributed by atoms with E-state index in [1.807, 2.05) is 0 Å². The Morgan fingerprint density at radius 3 is 1.58 bits per heavy atom. The van der Waals surface area contributed by atoms with E-state index >= 15 is 0 Å². The fraction of sp³-hybridized carbons (Fsp3) is 1.00. The molecule has 116 valence electrons. The summed E-state index contributed by atoms with van der Waals surface area (Å²) in [5, 5.41) is 18.4. The second kappa shape index (κ2) is 14.3. The van der Waals surface area contributed by atoms with Crippen molar-refractivity contribution in [1.29, 1.82) is 0 Å². The molecule has 2 unspecified atom stereocenters. The van der Waals surface area contributed by atoms with Crippen molar-refractivity contribution in [1.82, 2.24) is 0 Å². The molecule has 0 aromatic heterocycles. The first-order chi connectivity index (χ1) is 9.16. The van der Waals surface area contributed by atoms with Crippen molar-refractivity contribution in [2.45, 2.75) is 103 Å². The smallest absolute Gasteiger partial charge is 0.104 e. The van der Waals surface area contributed by atoms with Crippen LogP contribution in [0.15, 0.2) is 0 Å². The van der Waals surface area contributed by atoms with Crippen LogP contribution in [0.2, 0.25) is 0 Å². The molecule has 0 saturated carbocycles. The van der Waals surface area contributed by atoms with Gasteiger partial charge in [0.25, 0.3) is 0 Å². The Morgan fingerprint density at radius 2 is 1.16 bits per heavy atom. The third-order valence-electron chi connectivity index (χ3n) is 3.65. The summed E-state index contributed by atoms with van der Waals surface area (Å²) in [7, 11) is 0. The highest BCUT2D eigenvalue weighted by atomic mass is 16.3. The van der Waals surface area contributed by atoms with Gasteiger partial charge in [0.2, 0.25) is 0 Å². The number of rotatable bonds is 14. The van der Waals surface area contributed by atoms with Crippen LogP contribution in [0.3, 0.4) is 0 Å². The molecule has 2 atom stereocenters. The molecule has 0 spiro atoms. The number of aliphatic hydroxyl groups is 2. The van der Waals surface area contributed by atoms with Crippen molar-refractivity contribution in [3.05, 3.63) is 0 Å². The number of unbranched alkanes of at least 4 members (excludes halogenated alkanes) is 10. The van der Waals surface area contributed by atoms with E-state index in [-0.39, 0.29) is 0 Å². The van der Waals surface area contributed by atoms with Gasteiger partial charge in [0.05, 0.1) is 6.10 Å². The van der Waals surface area contributed by atoms with Gasteiger partial charge in [-0.25, -0.2) is 0 Å². The first-order valence-electron chi connectivity index (χ1n) is 8.28. The maximum absolute atomic E-state index is 9.52. The second-order valence-corrected chi connectivity index (χ2v) is 5.78. The number of aliphatic hydroxyl groups excluding tert-OH is 2. The minimum atomic E-state index is -0.872. The Balaban J connectivity index is 3.06. The van der Waals surface area contributed by atoms with Gasteiger partial charge in [-0.15, -0.1) is 0 Å². The molecule has 0 aliphatic rings. The summed E-state index contributed by atoms with van der Waals surface area (Å²) >= 11 is 0. The molecule has 0 aromatic carbocycles. The molecule has 4 N–H and O–H groups in total. The predicted octanol–water partition coefficient (Wildman–Crippen LogP) is 3.72. The van der Waals surface area contributed by atoms with Crippen molar-refractivity contribution in [3.63, 3.8) is 0 Å². The van der Waals surface area contributed by atoms with Crippen LogP contribution in [0.1, 0.15) is 90.4 Å². The summed E-state index contributed by atoms with van der Waals surface area (Å²) in [4.78, 5) is 0. The van der Waals surface area contributed by atoms with Gasteiger partial charge in [0.1, 0.15) is 6.23 Å². The minimum absolute atomic E-state index is 0.303. The molecule has 3 heteroatoms. The lowest BCUT2D eigenvalue weighted by Gasteiger charge is -2.11. The van der Waals surface area contributed by atoms with Crippen molar-refractivity contribution >= 4 is 0 Å². The molecule has 0 aliphatic carbocycles. The summed E-state index contributed by atoms with van der Waals surface area (Å²) in [6.07, 6.45) is 14.3. The Bertz CT molecular complexity index is 174. The summed E-state index contributed by atoms with van der Waals surface area (Å²) < 4.78 is 0. The lowest BCUT2D eigenvalue weighted by Crippen LogP contribution is -2.25. The van der Waals surface area contributed by atoms with E-state index in [1.54, 1.807) is 0 Å². The first-order valence-corrected chi connectivity index (χ1v) is 8.28. The lowest BCUT2D eigenvalue weighted by atomic mass is 10.0. The maximum Gasteiger partial charge on any atom is 0.104 e. The van der Waals surface area contributed by atoms with Crippen LogP contribution in [0.4, 0.5) is 0 Å². The molecule has 19 heavy (non-hydrogen) atoms. The molecular weight excluding hydrogens is 238 g/mol. The highest BCUT2D eigenvalue weighted by molar-refractivity contribution is 4.59. The molecule has 0 aliphatic heterocycles. The first kappa shape index (κ1) is 18.9. The fourth-order valence-electron chi connectivity index (χ4n) is 2.44. The number of nitrogens with two attached hydrogens (primary N) is 1. The van der Waals surface area contributed by atoms with E-state index < -0.39 is 12.3 Å². The van der Waals surface area contributed by atoms with E-state index in [4.69, 9.17) is 10.8 Å². The minimum Gasteiger partial charge on any atom is -0.393 e. The summed E-state index contributed by atoms with van der Waals surface area (Å²) in [5.74, 6) is 0. The normalized spacial score (nSPS) is 14.5. The van der Waals surface area contributed by atoms with E-state index in [2.05, 4.69) is 6.92 Å². The van der Waals surface area contributed by atoms with Crippen molar-refractivity contribution in [2.75, 3.05) is 0 Å². The summed E-state index contributed by atoms with van der Waals surface area (Å²) in [6, 6.07) is 0. The molecule has 0 fully saturated rings. The standard InChI is InChI=1S/C16H35NO2/c1-2-3-4-5-6-7-8-9-10-11-12-13-15(18)14-16(17)19/h15-16,18-19H,2-14,17H2,1H3. The molecular formula is C16H35NO2. The van der Waals surface area contributed by atoms with E-state index in [0.717, 1.165) is 12.8 Å². The zero-order valence-corrected chi connectivity index (χ0v) is 12.8. The largest absolute Gasteiger partial charge is 0.393 e. The number of hydrogen-bond donors (Lipinski definition) is 3. The topological polar surface area (TPSA) is 66.5 Å². The van der Waals surface area contributed by atoms with Crippen LogP contribution in [0.5, 0.6) is 0 Å². The number of hydrogen-bond acceptors (Lipinski definition) is 3. The lowest BCUT2D eigenvalue weighted by molar-refractivity contribution is 0.0775. The Labute approximate surface area is 119 Å². The van der Waals surface area contributed by atoms with Gasteiger partial charge in [-0.3, -0.25) is 0 Å². The quantitative estimate of drug-likeness (QED) is 0.334. The maximum atomic E-state index is 9.52. The molecule has 0 heterocycles. The van der Waals surface area contributed by atoms with Crippen LogP contribution < -0.4 is 5.73 Å². The SMILES string of the molecule is CCCCCCCCCCCCCC(O)CC(N)O. The fourth-order valence-corrected chi connectivity index (χ4v) is 2.44. The van der Waals surface area contributed by atoms with Crippen molar-refractivity contribution in [2.24, 2.45) is 5.73 Å². The highest BCUT2D eigenvalue weighted by Gasteiger charge is 2.07. The molecule has 0 bridgehead atoms. The van der Waals surface area contributed by atoms with Crippen molar-refractivity contribution < 1.29 is 10.2 Å². The van der Waals surface area contributed by atoms with Crippen LogP contribution >= 0.6 is 0 Å². The molecule has 0 radical (unpaired) electrons. The monoisotopic (exact) mass is 273 g/mol. The third-order valence-corrected chi connectivity index (χ3v) is 3.65. The molecule has 0 rings (SSSR count). The third kappa shape index (κ3) is 15.8. The van der Waals surface area contributed by atoms with Crippen LogP contribution in [0, 0.1) is 0 Å². The molecule has 3 nitrogen and oxygen atoms in total. The summed E-state index contributed by atoms with van der Waals surface area (Å²) in [5.41, 5.74) is 5.22. The van der Waals surface area contributed by atoms with Gasteiger partial charge in [-0.1, -0.05) is 77.6 Å². The van der Waals surface area contributed by atoms with E-state index in [0.29, 0.717) is 6.42 Å². The van der Waals surface area contributed by atoms with Crippen molar-refractivity contribution in [3.8, 4) is 0 Å². The van der Waals surface area contributed by atoms with Gasteiger partial charge < -0.3 is 15.9 Å². The van der Waals surface area contributed by atoms with Gasteiger partial charge in [-0.2, -0.15) is 0 Å². The van der Waals surface area contributed by atoms with Crippen LogP contribution in [-0.2, 0) is 0 Å². The van der Waals surface area contributed by atoms with E-state index in [1.165, 1.54) is 64.2 Å². The van der Waals surface area contributed by atoms with Crippen LogP contribution in [-0.4, -0.2) is 22.5 Å². The predicted molar refractivity (Wildman–Crippen MR) is 81.9 cm³/mol. The molecule has 0 saturated heterocycles. The average molecular weight is 273 g/mol. The van der Waals surface area contributed by atoms with E-state index in [9.17, 15) is 5.11 Å². The zero-order valence-electron chi connectivity index (χ0n) is 12.8. The van der Waals surface area contributed by atoms with Gasteiger partial charge in [0.15, 0.2) is 0 Å². The Hall–Kier alpha value is -0.120. The Kier molecular flexibility index (Phi) is 14.2. The van der Waals surface area contributed by atoms with Crippen LogP contribution in [0.25, 0.3) is 0 Å². The molecule has 0 aromatic rings. The van der Waals surface area contributed by atoms with Gasteiger partial charge >= 0.3 is 0 Å². The van der Waals surface area contributed by atoms with Gasteiger partial charge in [-0.05, 0) is 6.42 Å². The zero-order chi connectivity index (χ0) is 14.3. The summed E-state index contributed by atoms with van der Waals surface area (Å²) in [6.45, 7) is 2.26. The van der Waals surface area contributed by atoms with Gasteiger partial charge in [0, 0.05) is 6.42 Å². The molecule has 0 amide bonds. The highest BCUT2D eigenvalue weighted by Crippen LogP contribution is 2.13. The Morgan fingerprint density at radius 1 is 0.737 bits per heavy atom.